The lowest BCUT2D eigenvalue weighted by Crippen LogP contribution is -2.14. The smallest absolute Gasteiger partial charge is 0.148 e. The quantitative estimate of drug-likeness (QED) is 0.113. The van der Waals surface area contributed by atoms with Crippen molar-refractivity contribution in [3.63, 3.8) is 0 Å². The Kier molecular flexibility index (Phi) is 8.37. The largest absolute Gasteiger partial charge is 0.310 e. The molecule has 11 rings (SSSR count). The van der Waals surface area contributed by atoms with Crippen molar-refractivity contribution in [1.29, 1.82) is 0 Å². The van der Waals surface area contributed by atoms with Gasteiger partial charge in [0.25, 0.3) is 0 Å². The highest BCUT2D eigenvalue weighted by atomic mass is 19.1. The van der Waals surface area contributed by atoms with E-state index in [0.29, 0.717) is 5.69 Å². The van der Waals surface area contributed by atoms with E-state index in [-0.39, 0.29) is 5.82 Å². The summed E-state index contributed by atoms with van der Waals surface area (Å²) < 4.78 is 17.5. The van der Waals surface area contributed by atoms with Gasteiger partial charge in [-0.3, -0.25) is 0 Å². The van der Waals surface area contributed by atoms with Crippen LogP contribution in [0.3, 0.4) is 0 Å². The fourth-order valence-corrected chi connectivity index (χ4v) is 9.06. The van der Waals surface area contributed by atoms with E-state index in [1.54, 1.807) is 6.07 Å². The molecule has 278 valence electrons. The van der Waals surface area contributed by atoms with Gasteiger partial charge in [-0.05, 0) is 98.9 Å². The van der Waals surface area contributed by atoms with Gasteiger partial charge in [-0.25, -0.2) is 4.39 Å². The molecule has 0 bridgehead atoms. The lowest BCUT2D eigenvalue weighted by atomic mass is 9.87. The molecule has 3 heteroatoms. The summed E-state index contributed by atoms with van der Waals surface area (Å²) in [6.07, 6.45) is 0. The van der Waals surface area contributed by atoms with Gasteiger partial charge in [0.1, 0.15) is 5.82 Å². The van der Waals surface area contributed by atoms with E-state index in [9.17, 15) is 0 Å². The second-order valence-electron chi connectivity index (χ2n) is 15.0. The summed E-state index contributed by atoms with van der Waals surface area (Å²) in [5.41, 5.74) is 9.07. The van der Waals surface area contributed by atoms with Crippen LogP contribution in [0, 0.1) is 5.82 Å². The summed E-state index contributed by atoms with van der Waals surface area (Å²) in [5, 5.41) is 9.27. The van der Waals surface area contributed by atoms with Crippen molar-refractivity contribution in [3.05, 3.63) is 230 Å². The molecule has 0 atom stereocenters. The Morgan fingerprint density at radius 2 is 0.678 bits per heavy atom. The molecule has 11 aromatic carbocycles. The van der Waals surface area contributed by atoms with Crippen LogP contribution in [0.5, 0.6) is 0 Å². The molecule has 0 aromatic heterocycles. The minimum Gasteiger partial charge on any atom is -0.310 e. The minimum absolute atomic E-state index is 0.297. The van der Waals surface area contributed by atoms with Gasteiger partial charge in [0.15, 0.2) is 0 Å². The Labute approximate surface area is 342 Å². The summed E-state index contributed by atoms with van der Waals surface area (Å²) in [6.45, 7) is 0. The molecule has 0 N–H and O–H groups in total. The Bertz CT molecular complexity index is 3220. The molecule has 0 radical (unpaired) electrons. The highest BCUT2D eigenvalue weighted by molar-refractivity contribution is 6.36. The molecule has 0 aliphatic rings. The van der Waals surface area contributed by atoms with Crippen LogP contribution in [0.25, 0.3) is 65.3 Å². The van der Waals surface area contributed by atoms with E-state index in [4.69, 9.17) is 0 Å². The first-order valence-corrected chi connectivity index (χ1v) is 20.0. The molecular weight excluding hydrogens is 720 g/mol. The third-order valence-electron chi connectivity index (χ3n) is 11.6. The number of hydrogen-bond acceptors (Lipinski definition) is 2. The molecular formula is C56H37FN2. The topological polar surface area (TPSA) is 6.48 Å². The van der Waals surface area contributed by atoms with Gasteiger partial charge >= 0.3 is 0 Å². The van der Waals surface area contributed by atoms with E-state index in [1.807, 2.05) is 66.7 Å². The van der Waals surface area contributed by atoms with Gasteiger partial charge in [-0.15, -0.1) is 0 Å². The molecule has 11 aromatic rings. The number of anilines is 6. The maximum absolute atomic E-state index is 17.5. The van der Waals surface area contributed by atoms with Gasteiger partial charge in [0, 0.05) is 44.2 Å². The first-order chi connectivity index (χ1) is 29.2. The number of para-hydroxylation sites is 3. The van der Waals surface area contributed by atoms with Gasteiger partial charge in [0.05, 0.1) is 17.1 Å². The lowest BCUT2D eigenvalue weighted by molar-refractivity contribution is 0.630. The summed E-state index contributed by atoms with van der Waals surface area (Å²) >= 11 is 0. The number of benzene rings is 11. The number of halogens is 1. The fraction of sp³-hybridized carbons (Fsp3) is 0. The average molecular weight is 757 g/mol. The van der Waals surface area contributed by atoms with Crippen molar-refractivity contribution in [3.8, 4) is 22.3 Å². The molecule has 0 unspecified atom stereocenters. The number of nitrogens with zero attached hydrogens (tertiary/aromatic N) is 2. The van der Waals surface area contributed by atoms with Crippen LogP contribution in [-0.4, -0.2) is 0 Å². The Hall–Kier alpha value is -7.75. The molecule has 0 aliphatic carbocycles. The average Bonchev–Trinajstić information content (AvgIpc) is 3.31. The van der Waals surface area contributed by atoms with Crippen molar-refractivity contribution in [2.24, 2.45) is 0 Å². The zero-order valence-electron chi connectivity index (χ0n) is 32.1. The summed E-state index contributed by atoms with van der Waals surface area (Å²) in [7, 11) is 0. The van der Waals surface area contributed by atoms with E-state index < -0.39 is 0 Å². The van der Waals surface area contributed by atoms with Gasteiger partial charge in [-0.2, -0.15) is 0 Å². The second-order valence-corrected chi connectivity index (χ2v) is 15.0. The number of fused-ring (bicyclic) bond motifs is 3. The minimum atomic E-state index is -0.297. The van der Waals surface area contributed by atoms with Crippen LogP contribution in [0.4, 0.5) is 38.5 Å². The summed E-state index contributed by atoms with van der Waals surface area (Å²) in [5.74, 6) is -0.297. The summed E-state index contributed by atoms with van der Waals surface area (Å²) in [6, 6.07) is 77.6. The van der Waals surface area contributed by atoms with Crippen LogP contribution in [0.15, 0.2) is 224 Å². The third-order valence-corrected chi connectivity index (χ3v) is 11.6. The monoisotopic (exact) mass is 756 g/mol. The maximum atomic E-state index is 17.5. The highest BCUT2D eigenvalue weighted by Gasteiger charge is 2.27. The lowest BCUT2D eigenvalue weighted by Gasteiger charge is -2.31. The maximum Gasteiger partial charge on any atom is 0.148 e. The number of hydrogen-bond donors (Lipinski definition) is 0. The molecule has 2 nitrogen and oxygen atoms in total. The predicted octanol–water partition coefficient (Wildman–Crippen LogP) is 16.1. The third kappa shape index (κ3) is 5.78. The SMILES string of the molecule is Fc1cc(-c2ccccc2)cc(-c2ccccc2)c1N(c1ccccc1)c1ccc2c3ccccc3c3ccc(N(c4ccccc4)c4ccccc4)c4ccc1c2c43. The zero-order chi connectivity index (χ0) is 39.3. The predicted molar refractivity (Wildman–Crippen MR) is 248 cm³/mol. The summed E-state index contributed by atoms with van der Waals surface area (Å²) in [4.78, 5) is 4.47. The van der Waals surface area contributed by atoms with E-state index in [2.05, 4.69) is 161 Å². The van der Waals surface area contributed by atoms with Crippen molar-refractivity contribution >= 4 is 77.2 Å². The van der Waals surface area contributed by atoms with Gasteiger partial charge in [-0.1, -0.05) is 164 Å². The van der Waals surface area contributed by atoms with Crippen molar-refractivity contribution in [2.75, 3.05) is 9.80 Å². The molecule has 0 heterocycles. The first-order valence-electron chi connectivity index (χ1n) is 20.0. The van der Waals surface area contributed by atoms with E-state index in [1.165, 1.54) is 21.5 Å². The Morgan fingerprint density at radius 1 is 0.288 bits per heavy atom. The Morgan fingerprint density at radius 3 is 1.17 bits per heavy atom. The van der Waals surface area contributed by atoms with Crippen LogP contribution in [-0.2, 0) is 0 Å². The normalized spacial score (nSPS) is 11.5. The van der Waals surface area contributed by atoms with Crippen LogP contribution >= 0.6 is 0 Å². The van der Waals surface area contributed by atoms with E-state index >= 15 is 4.39 Å². The molecule has 59 heavy (non-hydrogen) atoms. The second kappa shape index (κ2) is 14.3. The van der Waals surface area contributed by atoms with Crippen LogP contribution in [0.2, 0.25) is 0 Å². The fourth-order valence-electron chi connectivity index (χ4n) is 9.06. The molecule has 0 spiro atoms. The molecule has 0 saturated heterocycles. The van der Waals surface area contributed by atoms with Crippen LogP contribution < -0.4 is 9.80 Å². The van der Waals surface area contributed by atoms with Crippen LogP contribution in [0.1, 0.15) is 0 Å². The van der Waals surface area contributed by atoms with Crippen molar-refractivity contribution < 1.29 is 4.39 Å². The van der Waals surface area contributed by atoms with E-state index in [0.717, 1.165) is 72.2 Å². The molecule has 0 amide bonds. The molecule has 0 fully saturated rings. The van der Waals surface area contributed by atoms with Crippen molar-refractivity contribution in [2.45, 2.75) is 0 Å². The molecule has 0 saturated carbocycles. The van der Waals surface area contributed by atoms with Gasteiger partial charge in [0.2, 0.25) is 0 Å². The van der Waals surface area contributed by atoms with Gasteiger partial charge < -0.3 is 9.80 Å². The standard InChI is InChI=1S/C56H37FN2/c57-51-37-40(38-18-6-1-7-19-38)36-50(39-20-8-2-9-21-39)56(51)59(43-26-14-5-15-27-43)53-35-33-47-45-29-17-16-28-44(45)46-32-34-52(48-30-31-49(53)55(47)54(46)48)58(41-22-10-3-11-23-41)42-24-12-4-13-25-42/h1-37H. The number of rotatable bonds is 8. The Balaban J connectivity index is 1.24. The molecule has 0 aliphatic heterocycles. The first kappa shape index (κ1) is 34.5. The zero-order valence-corrected chi connectivity index (χ0v) is 32.1. The van der Waals surface area contributed by atoms with Crippen molar-refractivity contribution in [1.82, 2.24) is 0 Å². The highest BCUT2D eigenvalue weighted by Crippen LogP contribution is 2.51.